The normalized spacial score (nSPS) is 10.6. The summed E-state index contributed by atoms with van der Waals surface area (Å²) in [5.41, 5.74) is 5.89. The van der Waals surface area contributed by atoms with E-state index in [1.165, 1.54) is 16.8 Å². The smallest absolute Gasteiger partial charge is 0.212 e. The molecule has 0 spiro atoms. The van der Waals surface area contributed by atoms with E-state index in [-0.39, 0.29) is 0 Å². The van der Waals surface area contributed by atoms with Crippen LogP contribution in [0.4, 0.5) is 0 Å². The third-order valence-electron chi connectivity index (χ3n) is 3.67. The molecule has 0 bridgehead atoms. The van der Waals surface area contributed by atoms with Crippen LogP contribution in [-0.2, 0) is 7.05 Å². The van der Waals surface area contributed by atoms with Crippen LogP contribution in [-0.4, -0.2) is 9.97 Å². The molecule has 0 atom stereocenters. The Balaban J connectivity index is 2.04. The number of pyridine rings is 1. The van der Waals surface area contributed by atoms with E-state index in [9.17, 15) is 0 Å². The number of aromatic nitrogens is 3. The molecule has 0 radical (unpaired) electrons. The predicted octanol–water partition coefficient (Wildman–Crippen LogP) is 3.25. The summed E-state index contributed by atoms with van der Waals surface area (Å²) in [5.74, 6) is 0.791. The van der Waals surface area contributed by atoms with Crippen molar-refractivity contribution in [3.8, 4) is 22.4 Å². The van der Waals surface area contributed by atoms with Gasteiger partial charge < -0.3 is 0 Å². The standard InChI is InChI=1S/C18H18N3/c1-13-6-4-5-7-17(13)18-9-8-15(12-21(18)3)16-10-19-14(2)20-11-16/h4-12H,1-3H3/q+1. The number of hydrogen-bond acceptors (Lipinski definition) is 2. The molecule has 3 nitrogen and oxygen atoms in total. The molecule has 0 saturated carbocycles. The number of benzene rings is 1. The lowest BCUT2D eigenvalue weighted by Gasteiger charge is -2.06. The van der Waals surface area contributed by atoms with Crippen LogP contribution < -0.4 is 4.57 Å². The molecular weight excluding hydrogens is 258 g/mol. The molecule has 1 aromatic carbocycles. The molecule has 0 N–H and O–H groups in total. The third-order valence-corrected chi connectivity index (χ3v) is 3.67. The molecule has 2 heterocycles. The fraction of sp³-hybridized carbons (Fsp3) is 0.167. The second kappa shape index (κ2) is 5.44. The summed E-state index contributed by atoms with van der Waals surface area (Å²) >= 11 is 0. The van der Waals surface area contributed by atoms with E-state index in [0.717, 1.165) is 17.0 Å². The summed E-state index contributed by atoms with van der Waals surface area (Å²) in [6.07, 6.45) is 5.85. The summed E-state index contributed by atoms with van der Waals surface area (Å²) in [7, 11) is 2.07. The van der Waals surface area contributed by atoms with Gasteiger partial charge in [0.05, 0.1) is 0 Å². The van der Waals surface area contributed by atoms with Gasteiger partial charge in [-0.1, -0.05) is 18.2 Å². The SMILES string of the molecule is Cc1ncc(-c2ccc(-c3ccccc3C)[n+](C)c2)cn1. The molecule has 2 aromatic heterocycles. The van der Waals surface area contributed by atoms with E-state index < -0.39 is 0 Å². The van der Waals surface area contributed by atoms with Crippen LogP contribution in [0.1, 0.15) is 11.4 Å². The Kier molecular flexibility index (Phi) is 3.48. The van der Waals surface area contributed by atoms with Gasteiger partial charge in [-0.15, -0.1) is 0 Å². The second-order valence-corrected chi connectivity index (χ2v) is 5.25. The van der Waals surface area contributed by atoms with Crippen molar-refractivity contribution in [3.05, 3.63) is 66.4 Å². The van der Waals surface area contributed by atoms with Gasteiger partial charge in [-0.2, -0.15) is 0 Å². The number of aryl methyl sites for hydroxylation is 3. The van der Waals surface area contributed by atoms with E-state index in [1.807, 2.05) is 19.3 Å². The zero-order chi connectivity index (χ0) is 14.8. The molecule has 0 saturated heterocycles. The molecule has 0 aliphatic rings. The van der Waals surface area contributed by atoms with Gasteiger partial charge in [0, 0.05) is 35.2 Å². The Hall–Kier alpha value is -2.55. The van der Waals surface area contributed by atoms with Crippen molar-refractivity contribution < 1.29 is 4.57 Å². The molecule has 0 amide bonds. The lowest BCUT2D eigenvalue weighted by Crippen LogP contribution is -2.30. The van der Waals surface area contributed by atoms with Crippen LogP contribution >= 0.6 is 0 Å². The molecule has 3 heteroatoms. The Morgan fingerprint density at radius 1 is 0.857 bits per heavy atom. The maximum absolute atomic E-state index is 4.26. The zero-order valence-corrected chi connectivity index (χ0v) is 12.5. The van der Waals surface area contributed by atoms with Gasteiger partial charge in [0.25, 0.3) is 0 Å². The summed E-state index contributed by atoms with van der Waals surface area (Å²) in [5, 5.41) is 0. The fourth-order valence-electron chi connectivity index (χ4n) is 2.46. The molecule has 3 aromatic rings. The maximum Gasteiger partial charge on any atom is 0.212 e. The first kappa shape index (κ1) is 13.4. The van der Waals surface area contributed by atoms with Crippen molar-refractivity contribution in [1.29, 1.82) is 0 Å². The molecule has 0 aliphatic heterocycles. The first-order valence-corrected chi connectivity index (χ1v) is 7.00. The minimum atomic E-state index is 0.791. The van der Waals surface area contributed by atoms with Gasteiger partial charge in [0.15, 0.2) is 6.20 Å². The quantitative estimate of drug-likeness (QED) is 0.672. The highest BCUT2D eigenvalue weighted by Crippen LogP contribution is 2.22. The van der Waals surface area contributed by atoms with Crippen LogP contribution in [0.5, 0.6) is 0 Å². The highest BCUT2D eigenvalue weighted by Gasteiger charge is 2.13. The molecule has 0 aliphatic carbocycles. The molecule has 3 rings (SSSR count). The summed E-state index contributed by atoms with van der Waals surface area (Å²) in [4.78, 5) is 8.52. The van der Waals surface area contributed by atoms with Crippen molar-refractivity contribution in [2.45, 2.75) is 13.8 Å². The van der Waals surface area contributed by atoms with E-state index in [1.54, 1.807) is 0 Å². The topological polar surface area (TPSA) is 29.7 Å². The van der Waals surface area contributed by atoms with Gasteiger partial charge in [-0.05, 0) is 31.5 Å². The molecule has 0 unspecified atom stereocenters. The van der Waals surface area contributed by atoms with Crippen LogP contribution in [0.3, 0.4) is 0 Å². The first-order valence-electron chi connectivity index (χ1n) is 7.00. The van der Waals surface area contributed by atoms with Gasteiger partial charge in [0.1, 0.15) is 12.9 Å². The van der Waals surface area contributed by atoms with Crippen molar-refractivity contribution in [2.75, 3.05) is 0 Å². The Bertz CT molecular complexity index is 777. The number of rotatable bonds is 2. The van der Waals surface area contributed by atoms with Crippen molar-refractivity contribution in [2.24, 2.45) is 7.05 Å². The van der Waals surface area contributed by atoms with Gasteiger partial charge >= 0.3 is 0 Å². The van der Waals surface area contributed by atoms with Gasteiger partial charge in [0.2, 0.25) is 5.69 Å². The fourth-order valence-corrected chi connectivity index (χ4v) is 2.46. The molecule has 104 valence electrons. The van der Waals surface area contributed by atoms with Gasteiger partial charge in [-0.25, -0.2) is 14.5 Å². The van der Waals surface area contributed by atoms with Crippen LogP contribution in [0.2, 0.25) is 0 Å². The lowest BCUT2D eigenvalue weighted by molar-refractivity contribution is -0.659. The highest BCUT2D eigenvalue weighted by molar-refractivity contribution is 5.65. The first-order chi connectivity index (χ1) is 10.1. The Labute approximate surface area is 125 Å². The summed E-state index contributed by atoms with van der Waals surface area (Å²) in [6.45, 7) is 4.03. The van der Waals surface area contributed by atoms with Crippen LogP contribution in [0.25, 0.3) is 22.4 Å². The Morgan fingerprint density at radius 2 is 1.57 bits per heavy atom. The minimum absolute atomic E-state index is 0.791. The highest BCUT2D eigenvalue weighted by atomic mass is 14.9. The van der Waals surface area contributed by atoms with E-state index in [0.29, 0.717) is 0 Å². The minimum Gasteiger partial charge on any atom is -0.241 e. The third kappa shape index (κ3) is 2.68. The van der Waals surface area contributed by atoms with Crippen molar-refractivity contribution in [3.63, 3.8) is 0 Å². The summed E-state index contributed by atoms with van der Waals surface area (Å²) < 4.78 is 2.15. The monoisotopic (exact) mass is 276 g/mol. The number of hydrogen-bond donors (Lipinski definition) is 0. The van der Waals surface area contributed by atoms with Gasteiger partial charge in [-0.3, -0.25) is 0 Å². The molecule has 21 heavy (non-hydrogen) atoms. The zero-order valence-electron chi connectivity index (χ0n) is 12.5. The summed E-state index contributed by atoms with van der Waals surface area (Å²) in [6, 6.07) is 12.7. The Morgan fingerprint density at radius 3 is 2.24 bits per heavy atom. The molecule has 0 fully saturated rings. The maximum atomic E-state index is 4.26. The van der Waals surface area contributed by atoms with Crippen LogP contribution in [0, 0.1) is 13.8 Å². The molecular formula is C18H18N3+. The van der Waals surface area contributed by atoms with E-state index in [4.69, 9.17) is 0 Å². The van der Waals surface area contributed by atoms with E-state index in [2.05, 4.69) is 71.1 Å². The number of nitrogens with zero attached hydrogens (tertiary/aromatic N) is 3. The van der Waals surface area contributed by atoms with Crippen molar-refractivity contribution in [1.82, 2.24) is 9.97 Å². The predicted molar refractivity (Wildman–Crippen MR) is 83.6 cm³/mol. The second-order valence-electron chi connectivity index (χ2n) is 5.25. The van der Waals surface area contributed by atoms with Crippen molar-refractivity contribution >= 4 is 0 Å². The average molecular weight is 276 g/mol. The largest absolute Gasteiger partial charge is 0.241 e. The average Bonchev–Trinajstić information content (AvgIpc) is 2.49. The van der Waals surface area contributed by atoms with E-state index >= 15 is 0 Å². The lowest BCUT2D eigenvalue weighted by atomic mass is 10.0. The van der Waals surface area contributed by atoms with Crippen LogP contribution in [0.15, 0.2) is 55.0 Å².